The van der Waals surface area contributed by atoms with Crippen molar-refractivity contribution in [3.63, 3.8) is 0 Å². The van der Waals surface area contributed by atoms with Crippen molar-refractivity contribution in [1.29, 1.82) is 0 Å². The first kappa shape index (κ1) is 42.2. The van der Waals surface area contributed by atoms with Gasteiger partial charge in [-0.1, -0.05) is 107 Å². The highest BCUT2D eigenvalue weighted by atomic mass is 31.1. The molecule has 0 aliphatic carbocycles. The Hall–Kier alpha value is -3.40. The lowest BCUT2D eigenvalue weighted by molar-refractivity contribution is 0.232. The van der Waals surface area contributed by atoms with Gasteiger partial charge in [0.1, 0.15) is 22.3 Å². The van der Waals surface area contributed by atoms with Crippen molar-refractivity contribution in [2.24, 2.45) is 0 Å². The highest BCUT2D eigenvalue weighted by Gasteiger charge is 2.27. The smallest absolute Gasteiger partial charge is 0.387 e. The molecular formula is C48H64O6P2. The van der Waals surface area contributed by atoms with Crippen LogP contribution in [0.5, 0.6) is 0 Å². The first-order chi connectivity index (χ1) is 25.8. The van der Waals surface area contributed by atoms with Crippen LogP contribution >= 0.6 is 16.5 Å². The summed E-state index contributed by atoms with van der Waals surface area (Å²) in [6, 6.07) is 17.8. The molecule has 1 atom stereocenters. The molecule has 4 aromatic carbocycles. The van der Waals surface area contributed by atoms with Crippen molar-refractivity contribution in [3.8, 4) is 0 Å². The van der Waals surface area contributed by atoms with Crippen LogP contribution in [0.15, 0.2) is 65.3 Å². The predicted molar refractivity (Wildman–Crippen MR) is 238 cm³/mol. The van der Waals surface area contributed by atoms with Crippen LogP contribution in [0, 0.1) is 27.7 Å². The molecule has 0 aliphatic rings. The molecule has 0 amide bonds. The van der Waals surface area contributed by atoms with Crippen molar-refractivity contribution in [2.75, 3.05) is 6.61 Å². The van der Waals surface area contributed by atoms with Crippen LogP contribution in [0.4, 0.5) is 0 Å². The predicted octanol–water partition coefficient (Wildman–Crippen LogP) is 15.7. The molecular weight excluding hydrogens is 734 g/mol. The zero-order valence-corrected chi connectivity index (χ0v) is 38.7. The van der Waals surface area contributed by atoms with Gasteiger partial charge in [0, 0.05) is 43.8 Å². The number of benzene rings is 4. The molecule has 2 heterocycles. The van der Waals surface area contributed by atoms with Crippen LogP contribution in [0.2, 0.25) is 0 Å². The fourth-order valence-electron chi connectivity index (χ4n) is 7.44. The van der Waals surface area contributed by atoms with Crippen molar-refractivity contribution in [3.05, 3.63) is 93.0 Å². The second-order valence-electron chi connectivity index (χ2n) is 20.1. The summed E-state index contributed by atoms with van der Waals surface area (Å²) < 4.78 is 40.7. The van der Waals surface area contributed by atoms with Crippen LogP contribution < -0.4 is 9.05 Å². The molecule has 0 bridgehead atoms. The average Bonchev–Trinajstić information content (AvgIpc) is 3.29. The summed E-state index contributed by atoms with van der Waals surface area (Å²) in [4.78, 5) is 0. The number of rotatable bonds is 6. The van der Waals surface area contributed by atoms with E-state index in [4.69, 9.17) is 25.8 Å². The molecule has 56 heavy (non-hydrogen) atoms. The van der Waals surface area contributed by atoms with E-state index in [1.165, 1.54) is 22.3 Å². The first-order valence-corrected chi connectivity index (χ1v) is 22.2. The summed E-state index contributed by atoms with van der Waals surface area (Å²) in [6.45, 7) is 37.7. The summed E-state index contributed by atoms with van der Waals surface area (Å²) in [5, 5.41) is 4.18. The fraction of sp³-hybridized carbons (Fsp3) is 0.500. The maximum absolute atomic E-state index is 6.86. The maximum Gasteiger partial charge on any atom is 0.387 e. The Labute approximate surface area is 336 Å². The number of hydrogen-bond acceptors (Lipinski definition) is 6. The van der Waals surface area contributed by atoms with Gasteiger partial charge < -0.3 is 16.8 Å². The number of fused-ring (bicyclic) bond motifs is 6. The maximum atomic E-state index is 6.86. The third kappa shape index (κ3) is 8.85. The van der Waals surface area contributed by atoms with Crippen molar-refractivity contribution < 1.29 is 25.8 Å². The van der Waals surface area contributed by atoms with Gasteiger partial charge in [0.2, 0.25) is 0 Å². The van der Waals surface area contributed by atoms with Gasteiger partial charge in [0.05, 0.1) is 12.7 Å². The standard InChI is InChI=1S/C48H64O6P2/c1-28-20-33-34-21-29(2)25-38(46(9,10)11)42(34)52-55(51-41(33)37(24-28)45(6,7)8)49-19-18-32(5)50-56-53-43-35(22-30(3)26-39(43)47(12,13)14)36-23-31(4)27-40(44(36)54-56)48(15,16)17/h20-27,32H,18-19H2,1-17H3/t32-/m1/s1. The normalized spacial score (nSPS) is 13.7. The van der Waals surface area contributed by atoms with Gasteiger partial charge in [0.25, 0.3) is 0 Å². The van der Waals surface area contributed by atoms with Gasteiger partial charge in [0.15, 0.2) is 0 Å². The monoisotopic (exact) mass is 798 g/mol. The van der Waals surface area contributed by atoms with Crippen molar-refractivity contribution >= 4 is 60.4 Å². The zero-order valence-electron chi connectivity index (χ0n) is 37.0. The van der Waals surface area contributed by atoms with E-state index in [-0.39, 0.29) is 27.8 Å². The van der Waals surface area contributed by atoms with E-state index in [0.717, 1.165) is 66.1 Å². The van der Waals surface area contributed by atoms with E-state index in [1.807, 2.05) is 0 Å². The third-order valence-electron chi connectivity index (χ3n) is 10.4. The van der Waals surface area contributed by atoms with Gasteiger partial charge >= 0.3 is 16.5 Å². The Bertz CT molecular complexity index is 2360. The average molecular weight is 799 g/mol. The van der Waals surface area contributed by atoms with Crippen LogP contribution in [0.1, 0.15) is 141 Å². The Morgan fingerprint density at radius 1 is 0.446 bits per heavy atom. The van der Waals surface area contributed by atoms with Gasteiger partial charge in [-0.15, -0.1) is 0 Å². The molecule has 6 rings (SSSR count). The van der Waals surface area contributed by atoms with E-state index < -0.39 is 16.5 Å². The first-order valence-electron chi connectivity index (χ1n) is 20.0. The minimum atomic E-state index is -1.82. The molecule has 0 radical (unpaired) electrons. The van der Waals surface area contributed by atoms with Gasteiger partial charge in [-0.3, -0.25) is 9.05 Å². The van der Waals surface area contributed by atoms with Crippen LogP contribution in [-0.4, -0.2) is 12.7 Å². The number of aryl methyl sites for hydroxylation is 4. The SMILES string of the molecule is Cc1cc(C(C)(C)C)c2op(OCC[C@@H](C)Op3oc4c(C(C)(C)C)cc(C)cc4c4cc(C)cc(C(C)(C)C)c4o3)oc3c(C(C)(C)C)cc(C)cc3c2c1. The van der Waals surface area contributed by atoms with Gasteiger partial charge in [-0.05, 0) is 109 Å². The zero-order chi connectivity index (χ0) is 41.3. The third-order valence-corrected chi connectivity index (χ3v) is 12.6. The Morgan fingerprint density at radius 3 is 0.982 bits per heavy atom. The molecule has 0 aliphatic heterocycles. The Kier molecular flexibility index (Phi) is 11.4. The fourth-order valence-corrected chi connectivity index (χ4v) is 9.74. The molecule has 2 aromatic heterocycles. The highest BCUT2D eigenvalue weighted by molar-refractivity contribution is 7.32. The quantitative estimate of drug-likeness (QED) is 0.167. The summed E-state index contributed by atoms with van der Waals surface area (Å²) >= 11 is 0. The Morgan fingerprint density at radius 2 is 0.714 bits per heavy atom. The van der Waals surface area contributed by atoms with Crippen LogP contribution in [0.3, 0.4) is 0 Å². The van der Waals surface area contributed by atoms with Crippen LogP contribution in [0.25, 0.3) is 43.9 Å². The minimum Gasteiger partial charge on any atom is -0.399 e. The molecule has 0 fully saturated rings. The molecule has 0 saturated heterocycles. The topological polar surface area (TPSA) is 71.0 Å². The summed E-state index contributed by atoms with van der Waals surface area (Å²) in [5.74, 6) is 0. The lowest BCUT2D eigenvalue weighted by Crippen LogP contribution is -2.14. The molecule has 302 valence electrons. The summed E-state index contributed by atoms with van der Waals surface area (Å²) in [6.07, 6.45) is 0.330. The largest absolute Gasteiger partial charge is 0.399 e. The molecule has 6 aromatic rings. The van der Waals surface area contributed by atoms with Crippen LogP contribution in [-0.2, 0) is 21.7 Å². The Balaban J connectivity index is 1.44. The van der Waals surface area contributed by atoms with E-state index >= 15 is 0 Å². The van der Waals surface area contributed by atoms with E-state index in [0.29, 0.717) is 13.0 Å². The van der Waals surface area contributed by atoms with Gasteiger partial charge in [-0.25, -0.2) is 0 Å². The van der Waals surface area contributed by atoms with Gasteiger partial charge in [-0.2, -0.15) is 0 Å². The molecule has 8 heteroatoms. The van der Waals surface area contributed by atoms with E-state index in [9.17, 15) is 0 Å². The van der Waals surface area contributed by atoms with Crippen molar-refractivity contribution in [1.82, 2.24) is 0 Å². The van der Waals surface area contributed by atoms with Crippen molar-refractivity contribution in [2.45, 2.75) is 152 Å². The minimum absolute atomic E-state index is 0.157. The molecule has 0 saturated carbocycles. The molecule has 0 spiro atoms. The molecule has 6 nitrogen and oxygen atoms in total. The second kappa shape index (κ2) is 15.1. The summed E-state index contributed by atoms with van der Waals surface area (Å²) in [7, 11) is -3.61. The molecule has 0 N–H and O–H groups in total. The lowest BCUT2D eigenvalue weighted by atomic mass is 9.83. The number of hydrogen-bond donors (Lipinski definition) is 0. The lowest BCUT2D eigenvalue weighted by Gasteiger charge is -2.21. The van der Waals surface area contributed by atoms with E-state index in [2.05, 4.69) is 166 Å². The highest BCUT2D eigenvalue weighted by Crippen LogP contribution is 2.45. The second-order valence-corrected chi connectivity index (χ2v) is 22.2. The molecule has 0 unspecified atom stereocenters. The summed E-state index contributed by atoms with van der Waals surface area (Å²) in [5.41, 5.74) is 12.0. The van der Waals surface area contributed by atoms with E-state index in [1.54, 1.807) is 0 Å².